The third-order valence-electron chi connectivity index (χ3n) is 4.61. The summed E-state index contributed by atoms with van der Waals surface area (Å²) < 4.78 is 16.0. The molecule has 0 spiro atoms. The van der Waals surface area contributed by atoms with E-state index < -0.39 is 0 Å². The molecule has 146 valence electrons. The second kappa shape index (κ2) is 11.0. The number of epoxide rings is 1. The highest BCUT2D eigenvalue weighted by atomic mass is 16.6. The molecule has 0 N–H and O–H groups in total. The van der Waals surface area contributed by atoms with Gasteiger partial charge in [-0.25, -0.2) is 9.59 Å². The van der Waals surface area contributed by atoms with Gasteiger partial charge in [0.05, 0.1) is 24.4 Å². The van der Waals surface area contributed by atoms with E-state index in [1.54, 1.807) is 0 Å². The molecule has 0 aliphatic carbocycles. The van der Waals surface area contributed by atoms with Crippen molar-refractivity contribution in [2.75, 3.05) is 6.61 Å². The van der Waals surface area contributed by atoms with Gasteiger partial charge in [0.1, 0.15) is 0 Å². The molecule has 3 unspecified atom stereocenters. The Labute approximate surface area is 157 Å². The third-order valence-corrected chi connectivity index (χ3v) is 4.61. The smallest absolute Gasteiger partial charge is 0.330 e. The lowest BCUT2D eigenvalue weighted by atomic mass is 9.97. The molecule has 0 saturated carbocycles. The molecule has 1 aliphatic heterocycles. The largest absolute Gasteiger partial charge is 0.463 e. The van der Waals surface area contributed by atoms with Crippen LogP contribution in [0.1, 0.15) is 59.3 Å². The molecular formula is C21H32O5. The van der Waals surface area contributed by atoms with Gasteiger partial charge in [0.15, 0.2) is 0 Å². The van der Waals surface area contributed by atoms with Gasteiger partial charge >= 0.3 is 11.9 Å². The fraction of sp³-hybridized carbons (Fsp3) is 0.619. The number of carbonyl (C=O) groups is 2. The molecule has 5 nitrogen and oxygen atoms in total. The molecule has 1 saturated heterocycles. The monoisotopic (exact) mass is 364 g/mol. The maximum absolute atomic E-state index is 11.2. The number of hydrogen-bond acceptors (Lipinski definition) is 5. The summed E-state index contributed by atoms with van der Waals surface area (Å²) in [5.41, 5.74) is 1.23. The molecule has 1 aliphatic rings. The van der Waals surface area contributed by atoms with Crippen LogP contribution in [0.25, 0.3) is 0 Å². The van der Waals surface area contributed by atoms with Gasteiger partial charge in [-0.05, 0) is 59.3 Å². The van der Waals surface area contributed by atoms with Crippen LogP contribution in [-0.2, 0) is 23.8 Å². The Bertz CT molecular complexity index is 537. The molecule has 3 atom stereocenters. The van der Waals surface area contributed by atoms with Crippen LogP contribution in [-0.4, -0.2) is 36.4 Å². The molecular weight excluding hydrogens is 332 g/mol. The number of carbonyl (C=O) groups excluding carboxylic acids is 2. The van der Waals surface area contributed by atoms with Gasteiger partial charge < -0.3 is 14.2 Å². The van der Waals surface area contributed by atoms with E-state index in [9.17, 15) is 9.59 Å². The maximum Gasteiger partial charge on any atom is 0.330 e. The van der Waals surface area contributed by atoms with Crippen molar-refractivity contribution in [3.63, 3.8) is 0 Å². The standard InChI is InChI=1S/C21H32O5/c1-6-19(22)24-15-9-11-16(3)10-8-14-21(5)18(26-21)13-12-17(4)25-20(23)7-2/h6-7,10,17-18H,1-2,8-9,11-15H2,3-5H3/b16-10-. The predicted octanol–water partition coefficient (Wildman–Crippen LogP) is 4.28. The minimum absolute atomic E-state index is 0.0710. The van der Waals surface area contributed by atoms with Crippen molar-refractivity contribution < 1.29 is 23.8 Å². The van der Waals surface area contributed by atoms with Crippen molar-refractivity contribution in [3.05, 3.63) is 37.0 Å². The van der Waals surface area contributed by atoms with Gasteiger partial charge in [0, 0.05) is 12.2 Å². The molecule has 1 heterocycles. The molecule has 0 aromatic rings. The van der Waals surface area contributed by atoms with Crippen molar-refractivity contribution >= 4 is 11.9 Å². The highest BCUT2D eigenvalue weighted by molar-refractivity contribution is 5.81. The molecule has 0 aromatic heterocycles. The van der Waals surface area contributed by atoms with Crippen LogP contribution in [0.4, 0.5) is 0 Å². The Morgan fingerprint density at radius 3 is 2.62 bits per heavy atom. The van der Waals surface area contributed by atoms with E-state index in [4.69, 9.17) is 14.2 Å². The molecule has 1 fully saturated rings. The number of ether oxygens (including phenoxy) is 3. The Morgan fingerprint density at radius 2 is 1.96 bits per heavy atom. The summed E-state index contributed by atoms with van der Waals surface area (Å²) in [7, 11) is 0. The predicted molar refractivity (Wildman–Crippen MR) is 102 cm³/mol. The lowest BCUT2D eigenvalue weighted by Crippen LogP contribution is -2.15. The Morgan fingerprint density at radius 1 is 1.27 bits per heavy atom. The first-order chi connectivity index (χ1) is 12.3. The average Bonchev–Trinajstić information content (AvgIpc) is 3.26. The molecule has 1 rings (SSSR count). The van der Waals surface area contributed by atoms with Crippen LogP contribution < -0.4 is 0 Å². The summed E-state index contributed by atoms with van der Waals surface area (Å²) >= 11 is 0. The number of rotatable bonds is 13. The Hall–Kier alpha value is -1.88. The maximum atomic E-state index is 11.2. The van der Waals surface area contributed by atoms with Gasteiger partial charge in [0.2, 0.25) is 0 Å². The highest BCUT2D eigenvalue weighted by Crippen LogP contribution is 2.43. The summed E-state index contributed by atoms with van der Waals surface area (Å²) in [6.45, 7) is 13.3. The SMILES string of the molecule is C=CC(=O)OCCC/C(C)=C\CCC1(C)OC1CCC(C)OC(=O)C=C. The molecule has 0 bridgehead atoms. The Kier molecular flexibility index (Phi) is 9.35. The van der Waals surface area contributed by atoms with E-state index in [2.05, 4.69) is 33.1 Å². The van der Waals surface area contributed by atoms with E-state index in [1.807, 2.05) is 6.92 Å². The van der Waals surface area contributed by atoms with Crippen LogP contribution in [0.5, 0.6) is 0 Å². The number of esters is 2. The van der Waals surface area contributed by atoms with Crippen LogP contribution in [0.15, 0.2) is 37.0 Å². The molecule has 0 aromatic carbocycles. The van der Waals surface area contributed by atoms with Gasteiger partial charge in [-0.15, -0.1) is 0 Å². The fourth-order valence-corrected chi connectivity index (χ4v) is 2.86. The third kappa shape index (κ3) is 8.48. The summed E-state index contributed by atoms with van der Waals surface area (Å²) in [6.07, 6.45) is 10.1. The lowest BCUT2D eigenvalue weighted by molar-refractivity contribution is -0.142. The van der Waals surface area contributed by atoms with Gasteiger partial charge in [0.25, 0.3) is 0 Å². The zero-order chi connectivity index (χ0) is 19.6. The lowest BCUT2D eigenvalue weighted by Gasteiger charge is -2.11. The number of allylic oxidation sites excluding steroid dienone is 2. The van der Waals surface area contributed by atoms with E-state index in [0.29, 0.717) is 6.61 Å². The zero-order valence-corrected chi connectivity index (χ0v) is 16.3. The molecule has 0 amide bonds. The highest BCUT2D eigenvalue weighted by Gasteiger charge is 2.50. The minimum atomic E-state index is -0.378. The summed E-state index contributed by atoms with van der Waals surface area (Å²) in [4.78, 5) is 22.1. The quantitative estimate of drug-likeness (QED) is 0.160. The van der Waals surface area contributed by atoms with E-state index in [1.165, 1.54) is 17.7 Å². The molecule has 26 heavy (non-hydrogen) atoms. The Balaban J connectivity index is 2.16. The van der Waals surface area contributed by atoms with Crippen molar-refractivity contribution in [1.29, 1.82) is 0 Å². The first-order valence-corrected chi connectivity index (χ1v) is 9.26. The summed E-state index contributed by atoms with van der Waals surface area (Å²) in [6, 6.07) is 0. The first kappa shape index (κ1) is 22.2. The van der Waals surface area contributed by atoms with Gasteiger partial charge in [-0.1, -0.05) is 24.8 Å². The average molecular weight is 364 g/mol. The number of hydrogen-bond donors (Lipinski definition) is 0. The van der Waals surface area contributed by atoms with Gasteiger partial charge in [-0.2, -0.15) is 0 Å². The molecule has 0 radical (unpaired) electrons. The zero-order valence-electron chi connectivity index (χ0n) is 16.3. The van der Waals surface area contributed by atoms with Crippen molar-refractivity contribution in [1.82, 2.24) is 0 Å². The summed E-state index contributed by atoms with van der Waals surface area (Å²) in [5.74, 6) is -0.748. The van der Waals surface area contributed by atoms with Gasteiger partial charge in [-0.3, -0.25) is 0 Å². The second-order valence-corrected chi connectivity index (χ2v) is 7.01. The van der Waals surface area contributed by atoms with Crippen molar-refractivity contribution in [3.8, 4) is 0 Å². The summed E-state index contributed by atoms with van der Waals surface area (Å²) in [5, 5.41) is 0. The van der Waals surface area contributed by atoms with E-state index in [-0.39, 0.29) is 29.7 Å². The van der Waals surface area contributed by atoms with Crippen molar-refractivity contribution in [2.24, 2.45) is 0 Å². The van der Waals surface area contributed by atoms with E-state index in [0.717, 1.165) is 38.5 Å². The minimum Gasteiger partial charge on any atom is -0.463 e. The fourth-order valence-electron chi connectivity index (χ4n) is 2.86. The van der Waals surface area contributed by atoms with Crippen LogP contribution in [0, 0.1) is 0 Å². The molecule has 5 heteroatoms. The topological polar surface area (TPSA) is 65.1 Å². The van der Waals surface area contributed by atoms with E-state index >= 15 is 0 Å². The van der Waals surface area contributed by atoms with Crippen LogP contribution in [0.3, 0.4) is 0 Å². The first-order valence-electron chi connectivity index (χ1n) is 9.26. The second-order valence-electron chi connectivity index (χ2n) is 7.01. The van der Waals surface area contributed by atoms with Crippen LogP contribution >= 0.6 is 0 Å². The van der Waals surface area contributed by atoms with Crippen LogP contribution in [0.2, 0.25) is 0 Å². The van der Waals surface area contributed by atoms with Crippen molar-refractivity contribution in [2.45, 2.75) is 77.1 Å². The normalized spacial score (nSPS) is 23.0.